The number of hydrogen-bond donors (Lipinski definition) is 1. The molecule has 0 unspecified atom stereocenters. The van der Waals surface area contributed by atoms with Crippen LogP contribution in [0.2, 0.25) is 0 Å². The van der Waals surface area contributed by atoms with E-state index in [1.807, 2.05) is 24.3 Å². The SMILES string of the molecule is C=C1C[C@@H]2COC(=O)[C@]2(Cc2ccc(C(=O)NCCCC)cc2)C1. The van der Waals surface area contributed by atoms with Gasteiger partial charge in [0.1, 0.15) is 0 Å². The van der Waals surface area contributed by atoms with Crippen LogP contribution in [0.1, 0.15) is 48.5 Å². The second-order valence-electron chi connectivity index (χ2n) is 7.07. The van der Waals surface area contributed by atoms with Crippen LogP contribution < -0.4 is 5.32 Å². The molecule has 0 bridgehead atoms. The van der Waals surface area contributed by atoms with Crippen LogP contribution in [0, 0.1) is 11.3 Å². The number of hydrogen-bond acceptors (Lipinski definition) is 3. The topological polar surface area (TPSA) is 55.4 Å². The Morgan fingerprint density at radius 2 is 2.12 bits per heavy atom. The summed E-state index contributed by atoms with van der Waals surface area (Å²) < 4.78 is 5.32. The molecule has 1 N–H and O–H groups in total. The molecule has 1 aromatic rings. The van der Waals surface area contributed by atoms with Crippen molar-refractivity contribution in [3.8, 4) is 0 Å². The lowest BCUT2D eigenvalue weighted by Crippen LogP contribution is -2.31. The molecule has 24 heavy (non-hydrogen) atoms. The summed E-state index contributed by atoms with van der Waals surface area (Å²) >= 11 is 0. The molecule has 2 atom stereocenters. The summed E-state index contributed by atoms with van der Waals surface area (Å²) in [6.45, 7) is 7.38. The summed E-state index contributed by atoms with van der Waals surface area (Å²) in [6, 6.07) is 7.58. The number of benzene rings is 1. The molecule has 1 aliphatic carbocycles. The van der Waals surface area contributed by atoms with Crippen LogP contribution >= 0.6 is 0 Å². The normalized spacial score (nSPS) is 25.5. The van der Waals surface area contributed by atoms with Gasteiger partial charge in [0, 0.05) is 18.0 Å². The van der Waals surface area contributed by atoms with Gasteiger partial charge in [0.25, 0.3) is 5.91 Å². The molecule has 0 aromatic heterocycles. The molecule has 1 saturated carbocycles. The fraction of sp³-hybridized carbons (Fsp3) is 0.500. The smallest absolute Gasteiger partial charge is 0.313 e. The van der Waals surface area contributed by atoms with Gasteiger partial charge in [0.2, 0.25) is 0 Å². The minimum absolute atomic E-state index is 0.0411. The van der Waals surface area contributed by atoms with Gasteiger partial charge in [-0.25, -0.2) is 0 Å². The largest absolute Gasteiger partial charge is 0.465 e. The van der Waals surface area contributed by atoms with E-state index in [2.05, 4.69) is 18.8 Å². The van der Waals surface area contributed by atoms with E-state index in [9.17, 15) is 9.59 Å². The van der Waals surface area contributed by atoms with Crippen LogP contribution in [-0.4, -0.2) is 25.0 Å². The molecule has 0 spiro atoms. The number of allylic oxidation sites excluding steroid dienone is 1. The summed E-state index contributed by atoms with van der Waals surface area (Å²) in [5.41, 5.74) is 2.43. The van der Waals surface area contributed by atoms with Crippen LogP contribution in [0.3, 0.4) is 0 Å². The maximum absolute atomic E-state index is 12.3. The zero-order valence-electron chi connectivity index (χ0n) is 14.3. The quantitative estimate of drug-likeness (QED) is 0.496. The van der Waals surface area contributed by atoms with E-state index in [1.165, 1.54) is 0 Å². The van der Waals surface area contributed by atoms with E-state index in [-0.39, 0.29) is 17.8 Å². The third-order valence-corrected chi connectivity index (χ3v) is 5.26. The molecule has 2 fully saturated rings. The lowest BCUT2D eigenvalue weighted by Gasteiger charge is -2.24. The average molecular weight is 327 g/mol. The Morgan fingerprint density at radius 3 is 2.83 bits per heavy atom. The molecule has 128 valence electrons. The number of rotatable bonds is 6. The summed E-state index contributed by atoms with van der Waals surface area (Å²) in [5.74, 6) is 0.114. The first-order valence-electron chi connectivity index (χ1n) is 8.76. The fourth-order valence-corrected chi connectivity index (χ4v) is 3.88. The van der Waals surface area contributed by atoms with Crippen molar-refractivity contribution in [1.82, 2.24) is 5.32 Å². The predicted molar refractivity (Wildman–Crippen MR) is 92.6 cm³/mol. The number of unbranched alkanes of at least 4 members (excludes halogenated alkanes) is 1. The van der Waals surface area contributed by atoms with Gasteiger partial charge in [-0.1, -0.05) is 37.6 Å². The van der Waals surface area contributed by atoms with E-state index >= 15 is 0 Å². The number of amides is 1. The predicted octanol–water partition coefficient (Wildman–Crippen LogP) is 3.27. The van der Waals surface area contributed by atoms with Crippen molar-refractivity contribution in [2.24, 2.45) is 11.3 Å². The minimum Gasteiger partial charge on any atom is -0.465 e. The monoisotopic (exact) mass is 327 g/mol. The number of carbonyl (C=O) groups is 2. The lowest BCUT2D eigenvalue weighted by molar-refractivity contribution is -0.146. The van der Waals surface area contributed by atoms with Crippen molar-refractivity contribution in [2.75, 3.05) is 13.2 Å². The third-order valence-electron chi connectivity index (χ3n) is 5.26. The minimum atomic E-state index is -0.442. The molecule has 1 saturated heterocycles. The number of cyclic esters (lactones) is 1. The summed E-state index contributed by atoms with van der Waals surface area (Å²) in [4.78, 5) is 24.4. The van der Waals surface area contributed by atoms with Crippen molar-refractivity contribution in [2.45, 2.75) is 39.0 Å². The number of nitrogens with one attached hydrogen (secondary N) is 1. The van der Waals surface area contributed by atoms with Crippen molar-refractivity contribution in [3.63, 3.8) is 0 Å². The van der Waals surface area contributed by atoms with Gasteiger partial charge in [-0.05, 0) is 43.4 Å². The van der Waals surface area contributed by atoms with Gasteiger partial charge in [0.05, 0.1) is 12.0 Å². The maximum Gasteiger partial charge on any atom is 0.313 e. The van der Waals surface area contributed by atoms with Crippen molar-refractivity contribution in [3.05, 3.63) is 47.5 Å². The van der Waals surface area contributed by atoms with Crippen LogP contribution in [0.15, 0.2) is 36.4 Å². The van der Waals surface area contributed by atoms with Gasteiger partial charge in [-0.2, -0.15) is 0 Å². The Bertz CT molecular complexity index is 649. The standard InChI is InChI=1S/C20H25NO3/c1-3-4-9-21-18(22)16-7-5-15(6-8-16)12-20-11-14(2)10-17(20)13-24-19(20)23/h5-8,17H,2-4,9-13H2,1H3,(H,21,22)/t17-,20+/m1/s1. The highest BCUT2D eigenvalue weighted by Crippen LogP contribution is 2.52. The average Bonchev–Trinajstić information content (AvgIpc) is 3.03. The van der Waals surface area contributed by atoms with Gasteiger partial charge in [0.15, 0.2) is 0 Å². The molecule has 4 heteroatoms. The first-order valence-corrected chi connectivity index (χ1v) is 8.76. The van der Waals surface area contributed by atoms with Crippen LogP contribution in [0.5, 0.6) is 0 Å². The molecule has 1 amide bonds. The number of esters is 1. The summed E-state index contributed by atoms with van der Waals surface area (Å²) in [6.07, 6.45) is 4.30. The molecule has 4 nitrogen and oxygen atoms in total. The Morgan fingerprint density at radius 1 is 1.38 bits per heavy atom. The Balaban J connectivity index is 1.69. The molecule has 1 heterocycles. The highest BCUT2D eigenvalue weighted by Gasteiger charge is 2.55. The van der Waals surface area contributed by atoms with Gasteiger partial charge in [-0.3, -0.25) is 9.59 Å². The molecule has 1 aromatic carbocycles. The van der Waals surface area contributed by atoms with E-state index in [4.69, 9.17) is 4.74 Å². The maximum atomic E-state index is 12.3. The van der Waals surface area contributed by atoms with Gasteiger partial charge < -0.3 is 10.1 Å². The van der Waals surface area contributed by atoms with E-state index in [0.717, 1.165) is 36.8 Å². The zero-order chi connectivity index (χ0) is 17.2. The third kappa shape index (κ3) is 3.10. The summed E-state index contributed by atoms with van der Waals surface area (Å²) in [7, 11) is 0. The molecule has 3 rings (SSSR count). The van der Waals surface area contributed by atoms with Gasteiger partial charge in [-0.15, -0.1) is 0 Å². The van der Waals surface area contributed by atoms with E-state index in [1.54, 1.807) is 0 Å². The summed E-state index contributed by atoms with van der Waals surface area (Å²) in [5, 5.41) is 2.92. The number of fused-ring (bicyclic) bond motifs is 1. The van der Waals surface area contributed by atoms with Crippen LogP contribution in [0.4, 0.5) is 0 Å². The van der Waals surface area contributed by atoms with E-state index < -0.39 is 5.41 Å². The first-order chi connectivity index (χ1) is 11.5. The second-order valence-corrected chi connectivity index (χ2v) is 7.07. The highest BCUT2D eigenvalue weighted by molar-refractivity contribution is 5.94. The van der Waals surface area contributed by atoms with Crippen molar-refractivity contribution < 1.29 is 14.3 Å². The lowest BCUT2D eigenvalue weighted by atomic mass is 9.75. The van der Waals surface area contributed by atoms with Crippen LogP contribution in [-0.2, 0) is 16.0 Å². The van der Waals surface area contributed by atoms with Crippen molar-refractivity contribution >= 4 is 11.9 Å². The number of ether oxygens (including phenoxy) is 1. The van der Waals surface area contributed by atoms with Crippen LogP contribution in [0.25, 0.3) is 0 Å². The molecule has 1 aliphatic heterocycles. The Hall–Kier alpha value is -2.10. The molecule has 0 radical (unpaired) electrons. The first kappa shape index (κ1) is 16.7. The highest BCUT2D eigenvalue weighted by atomic mass is 16.5. The Labute approximate surface area is 143 Å². The van der Waals surface area contributed by atoms with E-state index in [0.29, 0.717) is 25.1 Å². The fourth-order valence-electron chi connectivity index (χ4n) is 3.88. The molecule has 2 aliphatic rings. The molecular weight excluding hydrogens is 302 g/mol. The number of carbonyl (C=O) groups excluding carboxylic acids is 2. The second kappa shape index (κ2) is 6.80. The molecular formula is C20H25NO3. The zero-order valence-corrected chi connectivity index (χ0v) is 14.3. The Kier molecular flexibility index (Phi) is 4.74. The van der Waals surface area contributed by atoms with Crippen molar-refractivity contribution in [1.29, 1.82) is 0 Å². The van der Waals surface area contributed by atoms with Gasteiger partial charge >= 0.3 is 5.97 Å².